The molecular formula is C30H29N7O. The van der Waals surface area contributed by atoms with E-state index in [1.54, 1.807) is 6.07 Å². The van der Waals surface area contributed by atoms with Crippen molar-refractivity contribution in [2.24, 2.45) is 0 Å². The number of para-hydroxylation sites is 1. The highest BCUT2D eigenvalue weighted by Gasteiger charge is 2.16. The third-order valence-corrected chi connectivity index (χ3v) is 5.93. The van der Waals surface area contributed by atoms with Gasteiger partial charge in [-0.3, -0.25) is 4.79 Å². The molecule has 0 aliphatic heterocycles. The highest BCUT2D eigenvalue weighted by atomic mass is 16.1. The first kappa shape index (κ1) is 24.9. The lowest BCUT2D eigenvalue weighted by atomic mass is 10.1. The standard InChI is InChI=1S/C30H29N7O/c1-37(2)18-17-31-27-19-25(33-29(36-27)22-13-7-4-8-14-22)30(38)35-24-16-10-9-15-23(24)26-20-32-28(34-26)21-11-5-3-6-12-21/h3-16,19-20H,17-18H2,1-2H3,(H,32,34)(H,35,38)(H,31,33,36). The molecule has 0 unspecified atom stereocenters. The Morgan fingerprint density at radius 1 is 0.842 bits per heavy atom. The van der Waals surface area contributed by atoms with E-state index in [4.69, 9.17) is 4.98 Å². The number of amides is 1. The topological polar surface area (TPSA) is 98.8 Å². The Bertz CT molecular complexity index is 1510. The average molecular weight is 504 g/mol. The second kappa shape index (κ2) is 11.5. The van der Waals surface area contributed by atoms with Crippen molar-refractivity contribution >= 4 is 17.4 Å². The molecule has 38 heavy (non-hydrogen) atoms. The smallest absolute Gasteiger partial charge is 0.274 e. The Morgan fingerprint density at radius 2 is 1.53 bits per heavy atom. The highest BCUT2D eigenvalue weighted by molar-refractivity contribution is 6.05. The summed E-state index contributed by atoms with van der Waals surface area (Å²) in [4.78, 5) is 32.8. The third-order valence-electron chi connectivity index (χ3n) is 5.93. The normalized spacial score (nSPS) is 10.9. The molecule has 8 nitrogen and oxygen atoms in total. The molecule has 0 spiro atoms. The predicted molar refractivity (Wildman–Crippen MR) is 152 cm³/mol. The molecule has 0 fully saturated rings. The van der Waals surface area contributed by atoms with Gasteiger partial charge < -0.3 is 20.5 Å². The fraction of sp³-hybridized carbons (Fsp3) is 0.133. The molecule has 0 saturated carbocycles. The summed E-state index contributed by atoms with van der Waals surface area (Å²) in [6, 6.07) is 28.8. The zero-order valence-corrected chi connectivity index (χ0v) is 21.3. The van der Waals surface area contributed by atoms with Gasteiger partial charge in [0.15, 0.2) is 5.82 Å². The van der Waals surface area contributed by atoms with Crippen LogP contribution in [0.1, 0.15) is 10.5 Å². The van der Waals surface area contributed by atoms with Gasteiger partial charge in [0.1, 0.15) is 17.3 Å². The molecule has 3 aromatic carbocycles. The first-order chi connectivity index (χ1) is 18.6. The van der Waals surface area contributed by atoms with Crippen molar-refractivity contribution in [3.05, 3.63) is 103 Å². The lowest BCUT2D eigenvalue weighted by Gasteiger charge is -2.13. The van der Waals surface area contributed by atoms with E-state index in [2.05, 4.69) is 30.5 Å². The molecular weight excluding hydrogens is 474 g/mol. The predicted octanol–water partition coefficient (Wildman–Crippen LogP) is 5.43. The number of benzene rings is 3. The molecule has 0 aliphatic rings. The maximum Gasteiger partial charge on any atom is 0.274 e. The minimum atomic E-state index is -0.327. The van der Waals surface area contributed by atoms with Gasteiger partial charge in [-0.1, -0.05) is 78.9 Å². The van der Waals surface area contributed by atoms with Crippen LogP contribution >= 0.6 is 0 Å². The molecule has 0 atom stereocenters. The van der Waals surface area contributed by atoms with Crippen LogP contribution in [-0.4, -0.2) is 57.9 Å². The van der Waals surface area contributed by atoms with Gasteiger partial charge in [0.2, 0.25) is 0 Å². The molecule has 1 amide bonds. The van der Waals surface area contributed by atoms with Crippen LogP contribution in [0.4, 0.5) is 11.5 Å². The number of carbonyl (C=O) groups excluding carboxylic acids is 1. The number of carbonyl (C=O) groups is 1. The van der Waals surface area contributed by atoms with E-state index >= 15 is 0 Å². The second-order valence-corrected chi connectivity index (χ2v) is 9.06. The molecule has 8 heteroatoms. The van der Waals surface area contributed by atoms with Gasteiger partial charge in [-0.05, 0) is 20.2 Å². The fourth-order valence-corrected chi connectivity index (χ4v) is 3.98. The van der Waals surface area contributed by atoms with Crippen molar-refractivity contribution in [3.63, 3.8) is 0 Å². The third kappa shape index (κ3) is 5.93. The molecule has 5 aromatic rings. The summed E-state index contributed by atoms with van der Waals surface area (Å²) in [5, 5.41) is 6.35. The first-order valence-electron chi connectivity index (χ1n) is 12.4. The summed E-state index contributed by atoms with van der Waals surface area (Å²) in [5.74, 6) is 1.52. The zero-order chi connectivity index (χ0) is 26.3. The van der Waals surface area contributed by atoms with Crippen LogP contribution in [0, 0.1) is 0 Å². The summed E-state index contributed by atoms with van der Waals surface area (Å²) in [6.07, 6.45) is 1.85. The van der Waals surface area contributed by atoms with Crippen molar-refractivity contribution in [3.8, 4) is 34.0 Å². The van der Waals surface area contributed by atoms with Crippen LogP contribution in [0.3, 0.4) is 0 Å². The summed E-state index contributed by atoms with van der Waals surface area (Å²) < 4.78 is 0. The van der Waals surface area contributed by atoms with Gasteiger partial charge in [-0.25, -0.2) is 15.0 Å². The Morgan fingerprint density at radius 3 is 2.26 bits per heavy atom. The van der Waals surface area contributed by atoms with Crippen molar-refractivity contribution in [2.75, 3.05) is 37.8 Å². The van der Waals surface area contributed by atoms with E-state index in [9.17, 15) is 4.79 Å². The van der Waals surface area contributed by atoms with E-state index in [-0.39, 0.29) is 11.6 Å². The molecule has 0 saturated heterocycles. The fourth-order valence-electron chi connectivity index (χ4n) is 3.98. The minimum Gasteiger partial charge on any atom is -0.369 e. The van der Waals surface area contributed by atoms with Crippen molar-refractivity contribution in [2.45, 2.75) is 0 Å². The lowest BCUT2D eigenvalue weighted by molar-refractivity contribution is 0.102. The van der Waals surface area contributed by atoms with E-state index in [0.29, 0.717) is 23.9 Å². The summed E-state index contributed by atoms with van der Waals surface area (Å²) in [7, 11) is 4.02. The number of H-pyrrole nitrogens is 1. The summed E-state index contributed by atoms with van der Waals surface area (Å²) in [6.45, 7) is 1.51. The zero-order valence-electron chi connectivity index (χ0n) is 21.3. The quantitative estimate of drug-likeness (QED) is 0.248. The van der Waals surface area contributed by atoms with Gasteiger partial charge in [0.05, 0.1) is 11.4 Å². The number of nitrogens with zero attached hydrogens (tertiary/aromatic N) is 4. The SMILES string of the molecule is CN(C)CCNc1cc(C(=O)Nc2ccccc2-c2c[nH]c(-c3ccccc3)n2)nc(-c2ccccc2)n1. The number of hydrogen-bond acceptors (Lipinski definition) is 6. The number of nitrogens with one attached hydrogen (secondary N) is 3. The number of aromatic amines is 1. The Labute approximate surface area is 221 Å². The van der Waals surface area contributed by atoms with Crippen LogP contribution in [0.15, 0.2) is 97.2 Å². The Kier molecular flexibility index (Phi) is 7.52. The van der Waals surface area contributed by atoms with Crippen LogP contribution in [0.25, 0.3) is 34.0 Å². The molecule has 0 aliphatic carbocycles. The number of likely N-dealkylation sites (N-methyl/N-ethyl adjacent to an activating group) is 1. The Hall–Kier alpha value is -4.82. The number of hydrogen-bond donors (Lipinski definition) is 3. The molecule has 0 bridgehead atoms. The van der Waals surface area contributed by atoms with Gasteiger partial charge in [-0.15, -0.1) is 0 Å². The van der Waals surface area contributed by atoms with Gasteiger partial charge in [0.25, 0.3) is 5.91 Å². The van der Waals surface area contributed by atoms with E-state index in [0.717, 1.165) is 34.8 Å². The number of anilines is 2. The van der Waals surface area contributed by atoms with Crippen LogP contribution in [0.5, 0.6) is 0 Å². The monoisotopic (exact) mass is 503 g/mol. The van der Waals surface area contributed by atoms with Crippen molar-refractivity contribution < 1.29 is 4.79 Å². The second-order valence-electron chi connectivity index (χ2n) is 9.06. The maximum absolute atomic E-state index is 13.5. The maximum atomic E-state index is 13.5. The van der Waals surface area contributed by atoms with Crippen molar-refractivity contribution in [1.82, 2.24) is 24.8 Å². The van der Waals surface area contributed by atoms with Crippen LogP contribution in [0.2, 0.25) is 0 Å². The van der Waals surface area contributed by atoms with E-state index < -0.39 is 0 Å². The lowest BCUT2D eigenvalue weighted by Crippen LogP contribution is -2.22. The van der Waals surface area contributed by atoms with E-state index in [1.807, 2.05) is 105 Å². The molecule has 0 radical (unpaired) electrons. The summed E-state index contributed by atoms with van der Waals surface area (Å²) in [5.41, 5.74) is 4.28. The molecule has 190 valence electrons. The minimum absolute atomic E-state index is 0.271. The Balaban J connectivity index is 1.43. The van der Waals surface area contributed by atoms with Crippen molar-refractivity contribution in [1.29, 1.82) is 0 Å². The number of imidazole rings is 1. The summed E-state index contributed by atoms with van der Waals surface area (Å²) >= 11 is 0. The molecule has 3 N–H and O–H groups in total. The number of aromatic nitrogens is 4. The van der Waals surface area contributed by atoms with E-state index in [1.165, 1.54) is 0 Å². The van der Waals surface area contributed by atoms with Gasteiger partial charge in [-0.2, -0.15) is 0 Å². The van der Waals surface area contributed by atoms with Gasteiger partial charge >= 0.3 is 0 Å². The van der Waals surface area contributed by atoms with Crippen LogP contribution < -0.4 is 10.6 Å². The molecule has 2 aromatic heterocycles. The first-order valence-corrected chi connectivity index (χ1v) is 12.4. The van der Waals surface area contributed by atoms with Crippen LogP contribution in [-0.2, 0) is 0 Å². The van der Waals surface area contributed by atoms with Gasteiger partial charge in [0, 0.05) is 42.0 Å². The molecule has 2 heterocycles. The number of rotatable bonds is 9. The largest absolute Gasteiger partial charge is 0.369 e. The average Bonchev–Trinajstić information content (AvgIpc) is 3.44. The highest BCUT2D eigenvalue weighted by Crippen LogP contribution is 2.29. The molecule has 5 rings (SSSR count).